The summed E-state index contributed by atoms with van der Waals surface area (Å²) in [5, 5.41) is 3.70. The van der Waals surface area contributed by atoms with Gasteiger partial charge in [-0.1, -0.05) is 12.2 Å². The standard InChI is InChI=1S/C14H26N2/c1-11(6-7-16(2)3)15-10-14-9-12-4-5-13(14)8-12/h4-5,11-15H,6-10H2,1-3H3. The molecule has 4 atom stereocenters. The van der Waals surface area contributed by atoms with Crippen molar-refractivity contribution in [3.05, 3.63) is 12.2 Å². The van der Waals surface area contributed by atoms with E-state index in [0.717, 1.165) is 17.8 Å². The van der Waals surface area contributed by atoms with E-state index in [1.165, 1.54) is 32.4 Å². The summed E-state index contributed by atoms with van der Waals surface area (Å²) >= 11 is 0. The van der Waals surface area contributed by atoms with Gasteiger partial charge in [-0.2, -0.15) is 0 Å². The van der Waals surface area contributed by atoms with Crippen LogP contribution in [0.25, 0.3) is 0 Å². The van der Waals surface area contributed by atoms with Gasteiger partial charge in [0, 0.05) is 6.04 Å². The first-order valence-electron chi connectivity index (χ1n) is 6.71. The molecule has 0 aliphatic heterocycles. The largest absolute Gasteiger partial charge is 0.314 e. The third-order valence-electron chi connectivity index (χ3n) is 4.15. The fourth-order valence-corrected chi connectivity index (χ4v) is 3.04. The van der Waals surface area contributed by atoms with Gasteiger partial charge in [0.25, 0.3) is 0 Å². The van der Waals surface area contributed by atoms with Crippen molar-refractivity contribution in [2.24, 2.45) is 17.8 Å². The SMILES string of the molecule is CC(CCN(C)C)NCC1CC2C=CC1C2. The molecule has 2 bridgehead atoms. The maximum absolute atomic E-state index is 3.70. The van der Waals surface area contributed by atoms with Crippen molar-refractivity contribution >= 4 is 0 Å². The molecule has 2 nitrogen and oxygen atoms in total. The third-order valence-corrected chi connectivity index (χ3v) is 4.15. The van der Waals surface area contributed by atoms with E-state index >= 15 is 0 Å². The molecule has 0 saturated heterocycles. The Kier molecular flexibility index (Phi) is 4.04. The maximum Gasteiger partial charge on any atom is 0.00510 e. The monoisotopic (exact) mass is 222 g/mol. The molecule has 2 rings (SSSR count). The Hall–Kier alpha value is -0.340. The van der Waals surface area contributed by atoms with Crippen LogP contribution in [-0.4, -0.2) is 38.1 Å². The first-order valence-corrected chi connectivity index (χ1v) is 6.71. The molecular formula is C14H26N2. The maximum atomic E-state index is 3.70. The van der Waals surface area contributed by atoms with E-state index < -0.39 is 0 Å². The molecule has 2 aliphatic rings. The van der Waals surface area contributed by atoms with E-state index in [2.05, 4.69) is 43.4 Å². The zero-order valence-corrected chi connectivity index (χ0v) is 10.9. The summed E-state index contributed by atoms with van der Waals surface area (Å²) in [4.78, 5) is 2.26. The van der Waals surface area contributed by atoms with Crippen molar-refractivity contribution in [1.29, 1.82) is 0 Å². The van der Waals surface area contributed by atoms with Crippen LogP contribution in [0.15, 0.2) is 12.2 Å². The first-order chi connectivity index (χ1) is 7.65. The van der Waals surface area contributed by atoms with Crippen LogP contribution in [0.5, 0.6) is 0 Å². The lowest BCUT2D eigenvalue weighted by Gasteiger charge is -2.22. The van der Waals surface area contributed by atoms with Gasteiger partial charge in [-0.05, 0) is 71.1 Å². The number of nitrogens with one attached hydrogen (secondary N) is 1. The van der Waals surface area contributed by atoms with Gasteiger partial charge in [0.1, 0.15) is 0 Å². The minimum absolute atomic E-state index is 0.658. The van der Waals surface area contributed by atoms with Gasteiger partial charge in [0.05, 0.1) is 0 Å². The Labute approximate surface area is 100 Å². The van der Waals surface area contributed by atoms with Crippen molar-refractivity contribution in [3.8, 4) is 0 Å². The summed E-state index contributed by atoms with van der Waals surface area (Å²) in [7, 11) is 4.29. The molecule has 4 unspecified atom stereocenters. The van der Waals surface area contributed by atoms with E-state index in [9.17, 15) is 0 Å². The van der Waals surface area contributed by atoms with Crippen LogP contribution in [0.2, 0.25) is 0 Å². The second-order valence-electron chi connectivity index (χ2n) is 5.94. The van der Waals surface area contributed by atoms with Gasteiger partial charge in [0.15, 0.2) is 0 Å². The predicted molar refractivity (Wildman–Crippen MR) is 69.5 cm³/mol. The number of rotatable bonds is 6. The Morgan fingerprint density at radius 2 is 2.12 bits per heavy atom. The lowest BCUT2D eigenvalue weighted by atomic mass is 9.93. The summed E-state index contributed by atoms with van der Waals surface area (Å²) < 4.78 is 0. The van der Waals surface area contributed by atoms with E-state index in [0.29, 0.717) is 6.04 Å². The van der Waals surface area contributed by atoms with Gasteiger partial charge >= 0.3 is 0 Å². The fourth-order valence-electron chi connectivity index (χ4n) is 3.04. The van der Waals surface area contributed by atoms with E-state index in [1.807, 2.05) is 0 Å². The van der Waals surface area contributed by atoms with Crippen molar-refractivity contribution in [3.63, 3.8) is 0 Å². The van der Waals surface area contributed by atoms with Crippen LogP contribution >= 0.6 is 0 Å². The highest BCUT2D eigenvalue weighted by Gasteiger charge is 2.35. The number of fused-ring (bicyclic) bond motifs is 2. The topological polar surface area (TPSA) is 15.3 Å². The average Bonchev–Trinajstić information content (AvgIpc) is 2.84. The summed E-state index contributed by atoms with van der Waals surface area (Å²) in [6.45, 7) is 4.72. The number of nitrogens with zero attached hydrogens (tertiary/aromatic N) is 1. The quantitative estimate of drug-likeness (QED) is 0.693. The molecule has 2 heteroatoms. The molecule has 0 aromatic heterocycles. The molecule has 92 valence electrons. The Balaban J connectivity index is 1.62. The van der Waals surface area contributed by atoms with Crippen molar-refractivity contribution < 1.29 is 0 Å². The van der Waals surface area contributed by atoms with Crippen molar-refractivity contribution in [1.82, 2.24) is 10.2 Å². The van der Waals surface area contributed by atoms with Crippen LogP contribution in [0.1, 0.15) is 26.2 Å². The smallest absolute Gasteiger partial charge is 0.00510 e. The summed E-state index contributed by atoms with van der Waals surface area (Å²) in [5.74, 6) is 2.71. The Bertz CT molecular complexity index is 247. The highest BCUT2D eigenvalue weighted by atomic mass is 15.1. The van der Waals surface area contributed by atoms with E-state index in [4.69, 9.17) is 0 Å². The van der Waals surface area contributed by atoms with Crippen LogP contribution in [0.3, 0.4) is 0 Å². The summed E-state index contributed by atoms with van der Waals surface area (Å²) in [6.07, 6.45) is 8.98. The molecule has 2 aliphatic carbocycles. The molecule has 16 heavy (non-hydrogen) atoms. The molecular weight excluding hydrogens is 196 g/mol. The molecule has 1 fully saturated rings. The number of hydrogen-bond donors (Lipinski definition) is 1. The number of hydrogen-bond acceptors (Lipinski definition) is 2. The van der Waals surface area contributed by atoms with Gasteiger partial charge in [-0.25, -0.2) is 0 Å². The van der Waals surface area contributed by atoms with Crippen LogP contribution in [-0.2, 0) is 0 Å². The minimum Gasteiger partial charge on any atom is -0.314 e. The molecule has 0 amide bonds. The van der Waals surface area contributed by atoms with Crippen LogP contribution in [0.4, 0.5) is 0 Å². The van der Waals surface area contributed by atoms with Gasteiger partial charge in [-0.15, -0.1) is 0 Å². The third kappa shape index (κ3) is 3.08. The lowest BCUT2D eigenvalue weighted by Crippen LogP contribution is -2.34. The molecule has 0 heterocycles. The van der Waals surface area contributed by atoms with E-state index in [1.54, 1.807) is 0 Å². The summed E-state index contributed by atoms with van der Waals surface area (Å²) in [6, 6.07) is 0.658. The van der Waals surface area contributed by atoms with Crippen LogP contribution in [0, 0.1) is 17.8 Å². The molecule has 0 aromatic carbocycles. The molecule has 1 saturated carbocycles. The van der Waals surface area contributed by atoms with Gasteiger partial charge < -0.3 is 10.2 Å². The molecule has 0 aromatic rings. The molecule has 0 radical (unpaired) electrons. The lowest BCUT2D eigenvalue weighted by molar-refractivity contribution is 0.341. The average molecular weight is 222 g/mol. The predicted octanol–water partition coefficient (Wildman–Crippen LogP) is 2.13. The van der Waals surface area contributed by atoms with E-state index in [-0.39, 0.29) is 0 Å². The van der Waals surface area contributed by atoms with Crippen LogP contribution < -0.4 is 5.32 Å². The highest BCUT2D eigenvalue weighted by Crippen LogP contribution is 2.42. The number of allylic oxidation sites excluding steroid dienone is 2. The highest BCUT2D eigenvalue weighted by molar-refractivity contribution is 5.10. The normalized spacial score (nSPS) is 33.9. The van der Waals surface area contributed by atoms with Gasteiger partial charge in [0.2, 0.25) is 0 Å². The Morgan fingerprint density at radius 1 is 1.31 bits per heavy atom. The fraction of sp³-hybridized carbons (Fsp3) is 0.857. The Morgan fingerprint density at radius 3 is 2.69 bits per heavy atom. The summed E-state index contributed by atoms with van der Waals surface area (Å²) in [5.41, 5.74) is 0. The minimum atomic E-state index is 0.658. The zero-order valence-electron chi connectivity index (χ0n) is 10.9. The van der Waals surface area contributed by atoms with Gasteiger partial charge in [-0.3, -0.25) is 0 Å². The zero-order chi connectivity index (χ0) is 11.5. The van der Waals surface area contributed by atoms with Crippen molar-refractivity contribution in [2.45, 2.75) is 32.2 Å². The second kappa shape index (κ2) is 5.33. The molecule has 1 N–H and O–H groups in total. The first kappa shape index (κ1) is 12.1. The second-order valence-corrected chi connectivity index (χ2v) is 5.94. The molecule has 0 spiro atoms. The van der Waals surface area contributed by atoms with Crippen molar-refractivity contribution in [2.75, 3.05) is 27.2 Å².